The Labute approximate surface area is 125 Å². The molecule has 1 unspecified atom stereocenters. The van der Waals surface area contributed by atoms with Gasteiger partial charge >= 0.3 is 5.97 Å². The lowest BCUT2D eigenvalue weighted by atomic mass is 9.92. The fourth-order valence-corrected chi connectivity index (χ4v) is 2.32. The molecular weight excluding hydrogens is 262 g/mol. The van der Waals surface area contributed by atoms with Gasteiger partial charge in [-0.1, -0.05) is 49.4 Å². The molecule has 110 valence electrons. The van der Waals surface area contributed by atoms with Gasteiger partial charge in [-0.3, -0.25) is 0 Å². The van der Waals surface area contributed by atoms with E-state index < -0.39 is 11.5 Å². The minimum atomic E-state index is -1.03. The molecule has 2 N–H and O–H groups in total. The molecule has 0 saturated carbocycles. The molecule has 0 aliphatic heterocycles. The van der Waals surface area contributed by atoms with E-state index in [4.69, 9.17) is 0 Å². The predicted molar refractivity (Wildman–Crippen MR) is 85.6 cm³/mol. The number of carboxylic acids is 1. The van der Waals surface area contributed by atoms with Crippen LogP contribution in [0, 0.1) is 0 Å². The summed E-state index contributed by atoms with van der Waals surface area (Å²) in [5.41, 5.74) is 2.03. The first-order chi connectivity index (χ1) is 10.0. The van der Waals surface area contributed by atoms with Crippen LogP contribution in [0.15, 0.2) is 54.6 Å². The summed E-state index contributed by atoms with van der Waals surface area (Å²) in [5.74, 6) is -0.856. The van der Waals surface area contributed by atoms with Gasteiger partial charge < -0.3 is 10.4 Å². The van der Waals surface area contributed by atoms with Crippen LogP contribution in [0.3, 0.4) is 0 Å². The van der Waals surface area contributed by atoms with Gasteiger partial charge in [-0.2, -0.15) is 0 Å². The lowest BCUT2D eigenvalue weighted by Crippen LogP contribution is -2.45. The van der Waals surface area contributed by atoms with Gasteiger partial charge in [0.2, 0.25) is 0 Å². The first-order valence-corrected chi connectivity index (χ1v) is 7.18. The quantitative estimate of drug-likeness (QED) is 0.849. The van der Waals surface area contributed by atoms with E-state index in [9.17, 15) is 9.90 Å². The van der Waals surface area contributed by atoms with Crippen LogP contribution in [0.25, 0.3) is 0 Å². The van der Waals surface area contributed by atoms with Crippen molar-refractivity contribution in [3.05, 3.63) is 65.7 Å². The highest BCUT2D eigenvalue weighted by Gasteiger charge is 2.33. The third-order valence-electron chi connectivity index (χ3n) is 3.65. The summed E-state index contributed by atoms with van der Waals surface area (Å²) in [6.45, 7) is 3.81. The standard InChI is InChI=1S/C18H21NO2/c1-3-14-9-11-16(12-10-14)19-18(2,17(20)21)13-15-7-5-4-6-8-15/h4-12,19H,3,13H2,1-2H3,(H,20,21). The van der Waals surface area contributed by atoms with Crippen molar-refractivity contribution in [3.63, 3.8) is 0 Å². The first kappa shape index (κ1) is 15.1. The highest BCUT2D eigenvalue weighted by Crippen LogP contribution is 2.21. The SMILES string of the molecule is CCc1ccc(NC(C)(Cc2ccccc2)C(=O)O)cc1. The monoisotopic (exact) mass is 283 g/mol. The van der Waals surface area contributed by atoms with Gasteiger partial charge in [0.1, 0.15) is 5.54 Å². The van der Waals surface area contributed by atoms with Gasteiger partial charge in [-0.15, -0.1) is 0 Å². The van der Waals surface area contributed by atoms with Crippen molar-refractivity contribution in [1.82, 2.24) is 0 Å². The summed E-state index contributed by atoms with van der Waals surface area (Å²) in [6.07, 6.45) is 1.40. The Morgan fingerprint density at radius 1 is 1.05 bits per heavy atom. The number of aliphatic carboxylic acids is 1. The number of aryl methyl sites for hydroxylation is 1. The van der Waals surface area contributed by atoms with Gasteiger partial charge in [0, 0.05) is 12.1 Å². The van der Waals surface area contributed by atoms with E-state index in [0.29, 0.717) is 6.42 Å². The van der Waals surface area contributed by atoms with Crippen LogP contribution in [0.5, 0.6) is 0 Å². The summed E-state index contributed by atoms with van der Waals surface area (Å²) in [4.78, 5) is 11.7. The summed E-state index contributed by atoms with van der Waals surface area (Å²) in [5, 5.41) is 12.7. The van der Waals surface area contributed by atoms with Crippen molar-refractivity contribution < 1.29 is 9.90 Å². The van der Waals surface area contributed by atoms with Crippen LogP contribution >= 0.6 is 0 Å². The zero-order chi connectivity index (χ0) is 15.3. The molecule has 2 aromatic rings. The Balaban J connectivity index is 2.19. The zero-order valence-corrected chi connectivity index (χ0v) is 12.5. The molecule has 2 aromatic carbocycles. The highest BCUT2D eigenvalue weighted by atomic mass is 16.4. The number of nitrogens with one attached hydrogen (secondary N) is 1. The van der Waals surface area contributed by atoms with Crippen LogP contribution in [0.1, 0.15) is 25.0 Å². The number of carbonyl (C=O) groups is 1. The molecule has 0 spiro atoms. The van der Waals surface area contributed by atoms with Gasteiger partial charge in [-0.25, -0.2) is 4.79 Å². The Kier molecular flexibility index (Phi) is 4.63. The molecule has 0 aliphatic carbocycles. The molecule has 2 rings (SSSR count). The Morgan fingerprint density at radius 3 is 2.19 bits per heavy atom. The average Bonchev–Trinajstić information content (AvgIpc) is 2.49. The Morgan fingerprint density at radius 2 is 1.67 bits per heavy atom. The van der Waals surface area contributed by atoms with Gasteiger partial charge in [-0.05, 0) is 36.6 Å². The van der Waals surface area contributed by atoms with E-state index in [2.05, 4.69) is 12.2 Å². The number of hydrogen-bond donors (Lipinski definition) is 2. The first-order valence-electron chi connectivity index (χ1n) is 7.18. The van der Waals surface area contributed by atoms with Crippen molar-refractivity contribution in [2.75, 3.05) is 5.32 Å². The molecule has 0 amide bonds. The minimum Gasteiger partial charge on any atom is -0.480 e. The molecule has 21 heavy (non-hydrogen) atoms. The van der Waals surface area contributed by atoms with Crippen molar-refractivity contribution in [1.29, 1.82) is 0 Å². The topological polar surface area (TPSA) is 49.3 Å². The van der Waals surface area contributed by atoms with E-state index in [1.165, 1.54) is 5.56 Å². The third-order valence-corrected chi connectivity index (χ3v) is 3.65. The number of hydrogen-bond acceptors (Lipinski definition) is 2. The maximum Gasteiger partial charge on any atom is 0.329 e. The summed E-state index contributed by atoms with van der Waals surface area (Å²) < 4.78 is 0. The molecule has 0 saturated heterocycles. The van der Waals surface area contributed by atoms with Crippen molar-refractivity contribution in [2.45, 2.75) is 32.2 Å². The molecule has 0 heterocycles. The lowest BCUT2D eigenvalue weighted by Gasteiger charge is -2.27. The van der Waals surface area contributed by atoms with Crippen molar-refractivity contribution >= 4 is 11.7 Å². The van der Waals surface area contributed by atoms with Crippen LogP contribution in [-0.2, 0) is 17.6 Å². The van der Waals surface area contributed by atoms with Crippen LogP contribution in [0.4, 0.5) is 5.69 Å². The van der Waals surface area contributed by atoms with Gasteiger partial charge in [0.25, 0.3) is 0 Å². The second-order valence-electron chi connectivity index (χ2n) is 5.48. The van der Waals surface area contributed by atoms with Crippen molar-refractivity contribution in [3.8, 4) is 0 Å². The fraction of sp³-hybridized carbons (Fsp3) is 0.278. The summed E-state index contributed by atoms with van der Waals surface area (Å²) in [6, 6.07) is 17.6. The molecule has 0 aliphatic rings. The molecule has 3 nitrogen and oxygen atoms in total. The molecule has 0 radical (unpaired) electrons. The maximum absolute atomic E-state index is 11.7. The summed E-state index contributed by atoms with van der Waals surface area (Å²) in [7, 11) is 0. The summed E-state index contributed by atoms with van der Waals surface area (Å²) >= 11 is 0. The number of anilines is 1. The van der Waals surface area contributed by atoms with Gasteiger partial charge in [0.05, 0.1) is 0 Å². The second kappa shape index (κ2) is 6.44. The van der Waals surface area contributed by atoms with E-state index in [1.807, 2.05) is 54.6 Å². The number of benzene rings is 2. The molecule has 0 bridgehead atoms. The minimum absolute atomic E-state index is 0.429. The maximum atomic E-state index is 11.7. The zero-order valence-electron chi connectivity index (χ0n) is 12.5. The Bertz CT molecular complexity index is 592. The Hall–Kier alpha value is -2.29. The van der Waals surface area contributed by atoms with Crippen molar-refractivity contribution in [2.24, 2.45) is 0 Å². The lowest BCUT2D eigenvalue weighted by molar-refractivity contribution is -0.141. The molecule has 1 atom stereocenters. The van der Waals surface area contributed by atoms with E-state index in [0.717, 1.165) is 17.7 Å². The molecular formula is C18H21NO2. The second-order valence-corrected chi connectivity index (χ2v) is 5.48. The largest absolute Gasteiger partial charge is 0.480 e. The van der Waals surface area contributed by atoms with Crippen LogP contribution in [0.2, 0.25) is 0 Å². The molecule has 0 aromatic heterocycles. The van der Waals surface area contributed by atoms with E-state index in [-0.39, 0.29) is 0 Å². The third kappa shape index (κ3) is 3.85. The number of rotatable bonds is 6. The highest BCUT2D eigenvalue weighted by molar-refractivity contribution is 5.82. The molecule has 3 heteroatoms. The molecule has 0 fully saturated rings. The smallest absolute Gasteiger partial charge is 0.329 e. The predicted octanol–water partition coefficient (Wildman–Crippen LogP) is 3.75. The van der Waals surface area contributed by atoms with E-state index in [1.54, 1.807) is 6.92 Å². The fourth-order valence-electron chi connectivity index (χ4n) is 2.32. The van der Waals surface area contributed by atoms with Crippen LogP contribution < -0.4 is 5.32 Å². The normalized spacial score (nSPS) is 13.4. The average molecular weight is 283 g/mol. The van der Waals surface area contributed by atoms with E-state index >= 15 is 0 Å². The van der Waals surface area contributed by atoms with Gasteiger partial charge in [0.15, 0.2) is 0 Å². The van der Waals surface area contributed by atoms with Crippen LogP contribution in [-0.4, -0.2) is 16.6 Å². The number of carboxylic acid groups (broad SMARTS) is 1.